The van der Waals surface area contributed by atoms with Crippen LogP contribution in [0, 0.1) is 0 Å². The fraction of sp³-hybridized carbons (Fsp3) is 0.0909. The van der Waals surface area contributed by atoms with E-state index in [0.29, 0.717) is 45.4 Å². The van der Waals surface area contributed by atoms with Crippen molar-refractivity contribution in [1.82, 2.24) is 38.2 Å². The van der Waals surface area contributed by atoms with Gasteiger partial charge in [0.25, 0.3) is 0 Å². The molecule has 7 aromatic rings. The Morgan fingerprint density at radius 3 is 1.12 bits per heavy atom. The molecule has 9 rings (SSSR count). The van der Waals surface area contributed by atoms with Gasteiger partial charge in [0.15, 0.2) is 25.1 Å². The molecular weight excluding hydrogens is 705 g/mol. The quantitative estimate of drug-likeness (QED) is 0.152. The van der Waals surface area contributed by atoms with Gasteiger partial charge in [-0.05, 0) is 72.8 Å². The Labute approximate surface area is 319 Å². The van der Waals surface area contributed by atoms with E-state index in [2.05, 4.69) is 9.97 Å². The summed E-state index contributed by atoms with van der Waals surface area (Å²) in [5, 5.41) is 0. The van der Waals surface area contributed by atoms with Crippen molar-refractivity contribution in [2.75, 3.05) is 0 Å². The number of aromatic nitrogens is 8. The molecule has 2 aliphatic rings. The first-order valence-electron chi connectivity index (χ1n) is 17.8. The molecule has 274 valence electrons. The normalized spacial score (nSPS) is 12.1. The van der Waals surface area contributed by atoms with Crippen LogP contribution in [0.3, 0.4) is 0 Å². The first-order chi connectivity index (χ1) is 27.2. The predicted octanol–water partition coefficient (Wildman–Crippen LogP) is 7.93. The van der Waals surface area contributed by atoms with E-state index in [4.69, 9.17) is 9.97 Å². The first-order valence-corrected chi connectivity index (χ1v) is 17.8. The average molecular weight is 739 g/mol. The Kier molecular flexibility index (Phi) is 7.97. The number of H-pyrrole nitrogens is 2. The third-order valence-corrected chi connectivity index (χ3v) is 10.5. The van der Waals surface area contributed by atoms with Crippen molar-refractivity contribution in [3.63, 3.8) is 0 Å². The van der Waals surface area contributed by atoms with Crippen molar-refractivity contribution >= 4 is 71.5 Å². The van der Waals surface area contributed by atoms with Crippen LogP contribution in [-0.4, -0.2) is 63.3 Å². The fourth-order valence-corrected chi connectivity index (χ4v) is 7.80. The number of hydrogen-bond donors (Lipinski definition) is 2. The lowest BCUT2D eigenvalue weighted by molar-refractivity contribution is 0.110. The number of nitrogens with one attached hydrogen (secondary N) is 2. The fourth-order valence-electron chi connectivity index (χ4n) is 7.80. The van der Waals surface area contributed by atoms with E-state index in [1.807, 2.05) is 124 Å². The first kappa shape index (κ1) is 34.2. The van der Waals surface area contributed by atoms with Gasteiger partial charge in [-0.2, -0.15) is 0 Å². The zero-order chi connectivity index (χ0) is 38.8. The maximum atomic E-state index is 12.0. The van der Waals surface area contributed by atoms with Gasteiger partial charge in [0.1, 0.15) is 0 Å². The average Bonchev–Trinajstić information content (AvgIpc) is 4.04. The van der Waals surface area contributed by atoms with E-state index in [1.54, 1.807) is 19.9 Å². The summed E-state index contributed by atoms with van der Waals surface area (Å²) in [7, 11) is 7.37. The second kappa shape index (κ2) is 13.1. The van der Waals surface area contributed by atoms with E-state index >= 15 is 0 Å². The number of rotatable bonds is 8. The minimum atomic E-state index is 0.506. The highest BCUT2D eigenvalue weighted by molar-refractivity contribution is 6.01. The lowest BCUT2D eigenvalue weighted by Gasteiger charge is -2.06. The molecular formula is C44H34N8O4. The van der Waals surface area contributed by atoms with Crippen LogP contribution in [0.4, 0.5) is 0 Å². The highest BCUT2D eigenvalue weighted by Gasteiger charge is 2.22. The molecule has 12 heteroatoms. The summed E-state index contributed by atoms with van der Waals surface area (Å²) in [6, 6.07) is 15.3. The van der Waals surface area contributed by atoms with Gasteiger partial charge in [0, 0.05) is 114 Å². The molecule has 8 bridgehead atoms. The van der Waals surface area contributed by atoms with Crippen molar-refractivity contribution in [2.45, 2.75) is 0 Å². The Hall–Kier alpha value is -7.60. The molecule has 0 saturated heterocycles. The van der Waals surface area contributed by atoms with Crippen LogP contribution in [0.25, 0.3) is 91.0 Å². The molecule has 0 radical (unpaired) electrons. The van der Waals surface area contributed by atoms with Crippen molar-refractivity contribution in [1.29, 1.82) is 0 Å². The summed E-state index contributed by atoms with van der Waals surface area (Å²) in [6.07, 6.45) is 18.6. The monoisotopic (exact) mass is 738 g/mol. The number of aromatic amines is 2. The second-order valence-corrected chi connectivity index (χ2v) is 14.0. The molecule has 0 atom stereocenters. The number of carbonyl (C=O) groups excluding carboxylic acids is 4. The van der Waals surface area contributed by atoms with Crippen molar-refractivity contribution in [3.8, 4) is 44.6 Å². The van der Waals surface area contributed by atoms with Gasteiger partial charge in [-0.3, -0.25) is 19.2 Å². The van der Waals surface area contributed by atoms with Crippen LogP contribution in [0.2, 0.25) is 0 Å². The Balaban J connectivity index is 1.49. The van der Waals surface area contributed by atoms with Crippen LogP contribution in [0.5, 0.6) is 0 Å². The van der Waals surface area contributed by atoms with Crippen LogP contribution in [0.15, 0.2) is 73.3 Å². The smallest absolute Gasteiger partial charge is 0.166 e. The third-order valence-electron chi connectivity index (χ3n) is 10.5. The minimum Gasteiger partial charge on any atom is -0.354 e. The van der Waals surface area contributed by atoms with Gasteiger partial charge in [-0.15, -0.1) is 0 Å². The second-order valence-electron chi connectivity index (χ2n) is 14.0. The number of hydrogen-bond acceptors (Lipinski definition) is 6. The van der Waals surface area contributed by atoms with Gasteiger partial charge < -0.3 is 28.2 Å². The zero-order valence-electron chi connectivity index (χ0n) is 30.9. The highest BCUT2D eigenvalue weighted by atomic mass is 16.1. The van der Waals surface area contributed by atoms with Gasteiger partial charge in [0.2, 0.25) is 0 Å². The van der Waals surface area contributed by atoms with Crippen LogP contribution in [0.1, 0.15) is 64.6 Å². The summed E-state index contributed by atoms with van der Waals surface area (Å²) < 4.78 is 7.24. The van der Waals surface area contributed by atoms with Gasteiger partial charge in [-0.25, -0.2) is 9.97 Å². The molecule has 0 amide bonds. The maximum absolute atomic E-state index is 12.0. The topological polar surface area (TPSA) is 145 Å². The summed E-state index contributed by atoms with van der Waals surface area (Å²) in [5.74, 6) is 0. The summed E-state index contributed by atoms with van der Waals surface area (Å²) >= 11 is 0. The van der Waals surface area contributed by atoms with E-state index in [1.165, 1.54) is 0 Å². The van der Waals surface area contributed by atoms with Crippen molar-refractivity contribution in [2.24, 2.45) is 28.2 Å². The van der Waals surface area contributed by atoms with Gasteiger partial charge in [0.05, 0.1) is 51.1 Å². The number of aryl methyl sites for hydroxylation is 4. The summed E-state index contributed by atoms with van der Waals surface area (Å²) in [4.78, 5) is 65.9. The van der Waals surface area contributed by atoms with Crippen LogP contribution < -0.4 is 0 Å². The van der Waals surface area contributed by atoms with E-state index < -0.39 is 0 Å². The molecule has 9 heterocycles. The summed E-state index contributed by atoms with van der Waals surface area (Å²) in [6.45, 7) is 0. The largest absolute Gasteiger partial charge is 0.354 e. The molecule has 0 fully saturated rings. The van der Waals surface area contributed by atoms with Gasteiger partial charge in [-0.1, -0.05) is 0 Å². The minimum absolute atomic E-state index is 0.506. The molecule has 7 aromatic heterocycles. The Bertz CT molecular complexity index is 3010. The molecule has 56 heavy (non-hydrogen) atoms. The van der Waals surface area contributed by atoms with E-state index in [-0.39, 0.29) is 0 Å². The van der Waals surface area contributed by atoms with Crippen molar-refractivity contribution < 1.29 is 19.2 Å². The lowest BCUT2D eigenvalue weighted by Crippen LogP contribution is -1.93. The standard InChI is InChI=1S/C44H34N8O4/c1-49-18-26(14-29(49)22-54)41-32-5-7-34(45-32)42(27-15-30(23-55)50(2)19-27)36-9-11-38(47-36)44(40-13-25(21-53)17-52(40)4)39-12-10-37(48-39)43(35-8-6-33(41)46-35)28-16-31(24-56)51(3)20-28/h5-24,45,48H,1-4H3. The third kappa shape index (κ3) is 5.46. The predicted molar refractivity (Wildman–Crippen MR) is 218 cm³/mol. The number of carbonyl (C=O) groups is 4. The molecule has 12 nitrogen and oxygen atoms in total. The van der Waals surface area contributed by atoms with Gasteiger partial charge >= 0.3 is 0 Å². The molecule has 0 saturated carbocycles. The number of fused-ring (bicyclic) bond motifs is 8. The zero-order valence-corrected chi connectivity index (χ0v) is 30.9. The molecule has 0 unspecified atom stereocenters. The molecule has 2 aliphatic heterocycles. The van der Waals surface area contributed by atoms with E-state index in [0.717, 1.165) is 91.8 Å². The van der Waals surface area contributed by atoms with Crippen molar-refractivity contribution in [3.05, 3.63) is 119 Å². The van der Waals surface area contributed by atoms with Crippen LogP contribution in [-0.2, 0) is 28.2 Å². The maximum Gasteiger partial charge on any atom is 0.166 e. The number of nitrogens with zero attached hydrogens (tertiary/aromatic N) is 6. The highest BCUT2D eigenvalue weighted by Crippen LogP contribution is 2.39. The number of aldehydes is 4. The lowest BCUT2D eigenvalue weighted by atomic mass is 10.1. The van der Waals surface area contributed by atoms with E-state index in [9.17, 15) is 19.2 Å². The Morgan fingerprint density at radius 1 is 0.446 bits per heavy atom. The Morgan fingerprint density at radius 2 is 0.804 bits per heavy atom. The SMILES string of the molecule is Cn1cc(-c2c3nc(c(-c4cc(C=O)n(C)c4)c4ccc([nH]4)c(-c4cc(C=O)cn4C)c4nc(c(-c5cc(C=O)n(C)c5)c5ccc2[nH]5)C=C4)C=C3)cc1C=O. The molecule has 0 spiro atoms. The molecule has 2 N–H and O–H groups in total. The molecule has 0 aromatic carbocycles. The summed E-state index contributed by atoms with van der Waals surface area (Å²) in [5.41, 5.74) is 13.9. The van der Waals surface area contributed by atoms with Crippen LogP contribution >= 0.6 is 0 Å². The molecule has 0 aliphatic carbocycles.